The molecule has 2 atom stereocenters. The smallest absolute Gasteiger partial charge is 0.293 e. The van der Waals surface area contributed by atoms with Crippen LogP contribution >= 0.6 is 0 Å². The predicted octanol–water partition coefficient (Wildman–Crippen LogP) is -0.0315. The van der Waals surface area contributed by atoms with Gasteiger partial charge in [-0.25, -0.2) is 4.98 Å². The maximum Gasteiger partial charge on any atom is 0.293 e. The van der Waals surface area contributed by atoms with Gasteiger partial charge in [0, 0.05) is 45.1 Å². The number of hydrogen-bond acceptors (Lipinski definition) is 4. The molecule has 0 aliphatic carbocycles. The number of aryl methyl sites for hydroxylation is 1. The summed E-state index contributed by atoms with van der Waals surface area (Å²) in [5.74, 6) is 1.30. The number of anilines is 1. The van der Waals surface area contributed by atoms with Gasteiger partial charge in [0.1, 0.15) is 0 Å². The topological polar surface area (TPSA) is 50.2 Å². The van der Waals surface area contributed by atoms with Gasteiger partial charge in [-0.1, -0.05) is 0 Å². The second-order valence-corrected chi connectivity index (χ2v) is 4.99. The van der Waals surface area contributed by atoms with Crippen LogP contribution in [0.3, 0.4) is 0 Å². The van der Waals surface area contributed by atoms with E-state index in [4.69, 9.17) is 0 Å². The van der Waals surface area contributed by atoms with Crippen molar-refractivity contribution in [1.29, 1.82) is 0 Å². The van der Waals surface area contributed by atoms with Gasteiger partial charge in [0.25, 0.3) is 5.56 Å². The van der Waals surface area contributed by atoms with Crippen LogP contribution in [0.4, 0.5) is 5.82 Å². The fraction of sp³-hybridized carbons (Fsp3) is 0.667. The summed E-state index contributed by atoms with van der Waals surface area (Å²) in [4.78, 5) is 18.6. The second kappa shape index (κ2) is 4.14. The minimum Gasteiger partial charge on any atom is -0.347 e. The SMILES string of the molecule is Cn1ccnc(N2CCCC3CNCC32)c1=O. The van der Waals surface area contributed by atoms with Gasteiger partial charge in [-0.15, -0.1) is 0 Å². The summed E-state index contributed by atoms with van der Waals surface area (Å²) in [6.07, 6.45) is 5.84. The van der Waals surface area contributed by atoms with Crippen LogP contribution in [0.1, 0.15) is 12.8 Å². The highest BCUT2D eigenvalue weighted by Gasteiger charge is 2.36. The van der Waals surface area contributed by atoms with Crippen LogP contribution in [0.5, 0.6) is 0 Å². The van der Waals surface area contributed by atoms with Crippen molar-refractivity contribution >= 4 is 5.82 Å². The van der Waals surface area contributed by atoms with Crippen LogP contribution in [0.25, 0.3) is 0 Å². The van der Waals surface area contributed by atoms with Crippen molar-refractivity contribution in [3.05, 3.63) is 22.7 Å². The van der Waals surface area contributed by atoms with Crippen molar-refractivity contribution in [3.63, 3.8) is 0 Å². The summed E-state index contributed by atoms with van der Waals surface area (Å²) < 4.78 is 1.61. The lowest BCUT2D eigenvalue weighted by molar-refractivity contribution is 0.382. The van der Waals surface area contributed by atoms with Gasteiger partial charge >= 0.3 is 0 Å². The maximum atomic E-state index is 12.1. The molecule has 5 heteroatoms. The van der Waals surface area contributed by atoms with Crippen molar-refractivity contribution in [2.24, 2.45) is 13.0 Å². The molecule has 0 saturated carbocycles. The Labute approximate surface area is 100 Å². The molecule has 92 valence electrons. The van der Waals surface area contributed by atoms with Crippen molar-refractivity contribution in [2.75, 3.05) is 24.5 Å². The second-order valence-electron chi connectivity index (χ2n) is 4.99. The molecule has 3 rings (SSSR count). The maximum absolute atomic E-state index is 12.1. The van der Waals surface area contributed by atoms with Crippen LogP contribution in [0, 0.1) is 5.92 Å². The lowest BCUT2D eigenvalue weighted by atomic mass is 9.92. The molecular weight excluding hydrogens is 216 g/mol. The first-order valence-electron chi connectivity index (χ1n) is 6.26. The monoisotopic (exact) mass is 234 g/mol. The standard InChI is InChI=1S/C12H18N4O/c1-15-6-4-14-11(12(15)17)16-5-2-3-9-7-13-8-10(9)16/h4,6,9-10,13H,2-3,5,7-8H2,1H3. The first-order chi connectivity index (χ1) is 8.27. The highest BCUT2D eigenvalue weighted by atomic mass is 16.1. The Hall–Kier alpha value is -1.36. The molecule has 0 spiro atoms. The third-order valence-electron chi connectivity index (χ3n) is 3.95. The third-order valence-corrected chi connectivity index (χ3v) is 3.95. The molecule has 0 amide bonds. The molecule has 2 fully saturated rings. The number of aromatic nitrogens is 2. The molecule has 0 radical (unpaired) electrons. The number of nitrogens with zero attached hydrogens (tertiary/aromatic N) is 3. The molecule has 2 aliphatic rings. The quantitative estimate of drug-likeness (QED) is 0.741. The van der Waals surface area contributed by atoms with E-state index in [1.807, 2.05) is 0 Å². The Morgan fingerprint density at radius 2 is 2.35 bits per heavy atom. The predicted molar refractivity (Wildman–Crippen MR) is 66.2 cm³/mol. The number of fused-ring (bicyclic) bond motifs is 1. The minimum atomic E-state index is 0.0139. The molecule has 5 nitrogen and oxygen atoms in total. The number of piperidine rings is 1. The van der Waals surface area contributed by atoms with E-state index in [-0.39, 0.29) is 5.56 Å². The fourth-order valence-corrected chi connectivity index (χ4v) is 3.01. The van der Waals surface area contributed by atoms with E-state index in [2.05, 4.69) is 15.2 Å². The van der Waals surface area contributed by atoms with E-state index < -0.39 is 0 Å². The van der Waals surface area contributed by atoms with Crippen LogP contribution < -0.4 is 15.8 Å². The highest BCUT2D eigenvalue weighted by molar-refractivity contribution is 5.39. The van der Waals surface area contributed by atoms with Crippen molar-refractivity contribution in [2.45, 2.75) is 18.9 Å². The largest absolute Gasteiger partial charge is 0.347 e. The average molecular weight is 234 g/mol. The Morgan fingerprint density at radius 3 is 3.24 bits per heavy atom. The van der Waals surface area contributed by atoms with Crippen molar-refractivity contribution < 1.29 is 0 Å². The molecule has 1 N–H and O–H groups in total. The van der Waals surface area contributed by atoms with E-state index in [9.17, 15) is 4.79 Å². The lowest BCUT2D eigenvalue weighted by Gasteiger charge is -2.37. The summed E-state index contributed by atoms with van der Waals surface area (Å²) in [5.41, 5.74) is 0.0139. The van der Waals surface area contributed by atoms with Crippen LogP contribution in [-0.4, -0.2) is 35.2 Å². The van der Waals surface area contributed by atoms with Gasteiger partial charge in [0.15, 0.2) is 5.82 Å². The van der Waals surface area contributed by atoms with Crippen LogP contribution in [0.2, 0.25) is 0 Å². The normalized spacial score (nSPS) is 28.2. The molecule has 2 saturated heterocycles. The van der Waals surface area contributed by atoms with Crippen molar-refractivity contribution in [1.82, 2.24) is 14.9 Å². The molecule has 2 aliphatic heterocycles. The molecule has 17 heavy (non-hydrogen) atoms. The molecule has 2 unspecified atom stereocenters. The van der Waals surface area contributed by atoms with Crippen LogP contribution in [0.15, 0.2) is 17.2 Å². The Balaban J connectivity index is 1.97. The molecule has 3 heterocycles. The molecule has 1 aromatic heterocycles. The zero-order valence-electron chi connectivity index (χ0n) is 10.1. The lowest BCUT2D eigenvalue weighted by Crippen LogP contribution is -2.48. The first kappa shape index (κ1) is 10.8. The molecular formula is C12H18N4O. The average Bonchev–Trinajstić information content (AvgIpc) is 2.81. The van der Waals surface area contributed by atoms with Gasteiger partial charge in [0.2, 0.25) is 0 Å². The van der Waals surface area contributed by atoms with Gasteiger partial charge in [-0.2, -0.15) is 0 Å². The van der Waals surface area contributed by atoms with E-state index in [0.717, 1.165) is 26.1 Å². The van der Waals surface area contributed by atoms with E-state index in [0.29, 0.717) is 17.8 Å². The fourth-order valence-electron chi connectivity index (χ4n) is 3.01. The van der Waals surface area contributed by atoms with Gasteiger partial charge in [0.05, 0.1) is 0 Å². The summed E-state index contributed by atoms with van der Waals surface area (Å²) in [6.45, 7) is 3.01. The summed E-state index contributed by atoms with van der Waals surface area (Å²) in [6, 6.07) is 0.450. The molecule has 0 bridgehead atoms. The molecule has 0 aromatic carbocycles. The Kier molecular flexibility index (Phi) is 2.63. The van der Waals surface area contributed by atoms with Crippen molar-refractivity contribution in [3.8, 4) is 0 Å². The van der Waals surface area contributed by atoms with E-state index >= 15 is 0 Å². The Bertz CT molecular complexity index is 470. The number of nitrogens with one attached hydrogen (secondary N) is 1. The highest BCUT2D eigenvalue weighted by Crippen LogP contribution is 2.28. The van der Waals surface area contributed by atoms with Gasteiger partial charge < -0.3 is 14.8 Å². The van der Waals surface area contributed by atoms with Gasteiger partial charge in [-0.3, -0.25) is 4.79 Å². The summed E-state index contributed by atoms with van der Waals surface area (Å²) in [7, 11) is 1.78. The zero-order chi connectivity index (χ0) is 11.8. The summed E-state index contributed by atoms with van der Waals surface area (Å²) in [5, 5.41) is 3.42. The summed E-state index contributed by atoms with van der Waals surface area (Å²) >= 11 is 0. The van der Waals surface area contributed by atoms with Gasteiger partial charge in [-0.05, 0) is 18.8 Å². The van der Waals surface area contributed by atoms with E-state index in [1.165, 1.54) is 6.42 Å². The first-order valence-corrected chi connectivity index (χ1v) is 6.26. The Morgan fingerprint density at radius 1 is 1.47 bits per heavy atom. The third kappa shape index (κ3) is 1.74. The van der Waals surface area contributed by atoms with E-state index in [1.54, 1.807) is 24.0 Å². The van der Waals surface area contributed by atoms with Crippen LogP contribution in [-0.2, 0) is 7.05 Å². The minimum absolute atomic E-state index is 0.0139. The molecule has 1 aromatic rings. The number of rotatable bonds is 1. The number of hydrogen-bond donors (Lipinski definition) is 1. The zero-order valence-corrected chi connectivity index (χ0v) is 10.1.